The highest BCUT2D eigenvalue weighted by Gasteiger charge is 2.13. The molecule has 0 aliphatic rings. The number of ether oxygens (including phenoxy) is 1. The van der Waals surface area contributed by atoms with Crippen LogP contribution < -0.4 is 4.74 Å². The van der Waals surface area contributed by atoms with Gasteiger partial charge in [-0.25, -0.2) is 9.49 Å². The number of H-pyrrole nitrogens is 1. The Labute approximate surface area is 89.7 Å². The Kier molecular flexibility index (Phi) is 2.51. The summed E-state index contributed by atoms with van der Waals surface area (Å²) in [5.41, 5.74) is 0.210. The van der Waals surface area contributed by atoms with Crippen LogP contribution in [0.5, 0.6) is 5.75 Å². The Morgan fingerprint density at radius 1 is 1.53 bits per heavy atom. The SMILES string of the molecule is COc1cccc(-c2n[nH]c(=S)o2)c1F. The van der Waals surface area contributed by atoms with Crippen LogP contribution >= 0.6 is 12.2 Å². The number of hydrogen-bond donors (Lipinski definition) is 1. The molecule has 0 saturated carbocycles. The number of nitrogens with zero attached hydrogens (tertiary/aromatic N) is 1. The Hall–Kier alpha value is -1.69. The van der Waals surface area contributed by atoms with Crippen LogP contribution in [0.2, 0.25) is 0 Å². The van der Waals surface area contributed by atoms with Gasteiger partial charge in [-0.15, -0.1) is 5.10 Å². The molecule has 0 unspecified atom stereocenters. The highest BCUT2D eigenvalue weighted by atomic mass is 32.1. The van der Waals surface area contributed by atoms with Crippen molar-refractivity contribution in [2.24, 2.45) is 0 Å². The predicted octanol–water partition coefficient (Wildman–Crippen LogP) is 2.55. The number of benzene rings is 1. The number of rotatable bonds is 2. The molecule has 0 amide bonds. The van der Waals surface area contributed by atoms with Crippen molar-refractivity contribution in [1.82, 2.24) is 10.2 Å². The fourth-order valence-corrected chi connectivity index (χ4v) is 1.30. The van der Waals surface area contributed by atoms with Gasteiger partial charge < -0.3 is 9.15 Å². The van der Waals surface area contributed by atoms with Crippen molar-refractivity contribution in [2.45, 2.75) is 0 Å². The van der Waals surface area contributed by atoms with Gasteiger partial charge in [0.05, 0.1) is 12.7 Å². The molecule has 1 aromatic carbocycles. The summed E-state index contributed by atoms with van der Waals surface area (Å²) in [6.45, 7) is 0. The van der Waals surface area contributed by atoms with Gasteiger partial charge in [-0.3, -0.25) is 0 Å². The second-order valence-corrected chi connectivity index (χ2v) is 3.11. The van der Waals surface area contributed by atoms with Crippen molar-refractivity contribution >= 4 is 12.2 Å². The first kappa shape index (κ1) is 9.85. The Morgan fingerprint density at radius 2 is 2.33 bits per heavy atom. The lowest BCUT2D eigenvalue weighted by atomic mass is 10.2. The van der Waals surface area contributed by atoms with E-state index in [1.165, 1.54) is 19.2 Å². The summed E-state index contributed by atoms with van der Waals surface area (Å²) in [6, 6.07) is 4.69. The van der Waals surface area contributed by atoms with Crippen LogP contribution in [-0.4, -0.2) is 17.3 Å². The fraction of sp³-hybridized carbons (Fsp3) is 0.111. The van der Waals surface area contributed by atoms with Crippen molar-refractivity contribution in [2.75, 3.05) is 7.11 Å². The monoisotopic (exact) mass is 226 g/mol. The van der Waals surface area contributed by atoms with Crippen molar-refractivity contribution < 1.29 is 13.5 Å². The molecular formula is C9H7FN2O2S. The smallest absolute Gasteiger partial charge is 0.284 e. The maximum atomic E-state index is 13.7. The quantitative estimate of drug-likeness (QED) is 0.799. The minimum Gasteiger partial charge on any atom is -0.494 e. The second-order valence-electron chi connectivity index (χ2n) is 2.74. The Morgan fingerprint density at radius 3 is 2.93 bits per heavy atom. The average molecular weight is 226 g/mol. The highest BCUT2D eigenvalue weighted by molar-refractivity contribution is 7.71. The van der Waals surface area contributed by atoms with Gasteiger partial charge in [-0.1, -0.05) is 6.07 Å². The molecule has 2 rings (SSSR count). The molecule has 2 aromatic rings. The summed E-state index contributed by atoms with van der Waals surface area (Å²) in [7, 11) is 1.39. The molecule has 6 heteroatoms. The van der Waals surface area contributed by atoms with Gasteiger partial charge >= 0.3 is 0 Å². The van der Waals surface area contributed by atoms with Crippen LogP contribution in [0.1, 0.15) is 0 Å². The van der Waals surface area contributed by atoms with Crippen LogP contribution in [0.4, 0.5) is 4.39 Å². The molecule has 0 aliphatic carbocycles. The summed E-state index contributed by atoms with van der Waals surface area (Å²) in [5.74, 6) is -0.279. The van der Waals surface area contributed by atoms with E-state index in [1.807, 2.05) is 0 Å². The number of nitrogens with one attached hydrogen (secondary N) is 1. The largest absolute Gasteiger partial charge is 0.494 e. The molecule has 0 radical (unpaired) electrons. The molecule has 78 valence electrons. The van der Waals surface area contributed by atoms with Crippen LogP contribution in [-0.2, 0) is 0 Å². The van der Waals surface area contributed by atoms with E-state index < -0.39 is 5.82 Å². The number of aromatic amines is 1. The van der Waals surface area contributed by atoms with E-state index in [0.717, 1.165) is 0 Å². The molecule has 0 fully saturated rings. The van der Waals surface area contributed by atoms with Gasteiger partial charge in [0.25, 0.3) is 4.84 Å². The molecule has 0 atom stereocenters. The molecule has 1 heterocycles. The zero-order chi connectivity index (χ0) is 10.8. The molecule has 0 bridgehead atoms. The van der Waals surface area contributed by atoms with Gasteiger partial charge in [0.1, 0.15) is 0 Å². The van der Waals surface area contributed by atoms with E-state index in [9.17, 15) is 4.39 Å². The second kappa shape index (κ2) is 3.82. The molecule has 0 saturated heterocycles. The van der Waals surface area contributed by atoms with Gasteiger partial charge in [-0.05, 0) is 24.4 Å². The van der Waals surface area contributed by atoms with Crippen LogP contribution in [0.25, 0.3) is 11.5 Å². The third kappa shape index (κ3) is 1.75. The number of halogens is 1. The first-order valence-corrected chi connectivity index (χ1v) is 4.51. The first-order valence-electron chi connectivity index (χ1n) is 4.10. The molecule has 0 aliphatic heterocycles. The minimum atomic E-state index is -0.523. The lowest BCUT2D eigenvalue weighted by Gasteiger charge is -2.03. The topological polar surface area (TPSA) is 51.0 Å². The summed E-state index contributed by atoms with van der Waals surface area (Å²) < 4.78 is 23.5. The predicted molar refractivity (Wildman–Crippen MR) is 53.6 cm³/mol. The van der Waals surface area contributed by atoms with Crippen molar-refractivity contribution in [3.05, 3.63) is 28.9 Å². The standard InChI is InChI=1S/C9H7FN2O2S/c1-13-6-4-2-3-5(7(6)10)8-11-12-9(15)14-8/h2-4H,1H3,(H,12,15). The van der Waals surface area contributed by atoms with Crippen molar-refractivity contribution in [3.8, 4) is 17.2 Å². The van der Waals surface area contributed by atoms with Crippen LogP contribution in [0.3, 0.4) is 0 Å². The fourth-order valence-electron chi connectivity index (χ4n) is 1.18. The van der Waals surface area contributed by atoms with E-state index in [2.05, 4.69) is 10.2 Å². The van der Waals surface area contributed by atoms with Crippen molar-refractivity contribution in [3.63, 3.8) is 0 Å². The lowest BCUT2D eigenvalue weighted by molar-refractivity contribution is 0.386. The third-order valence-electron chi connectivity index (χ3n) is 1.85. The van der Waals surface area contributed by atoms with Gasteiger partial charge in [-0.2, -0.15) is 0 Å². The number of methoxy groups -OCH3 is 1. The zero-order valence-corrected chi connectivity index (χ0v) is 8.60. The van der Waals surface area contributed by atoms with Crippen LogP contribution in [0.15, 0.2) is 22.6 Å². The molecule has 0 spiro atoms. The number of hydrogen-bond acceptors (Lipinski definition) is 4. The van der Waals surface area contributed by atoms with E-state index >= 15 is 0 Å². The molecule has 1 aromatic heterocycles. The maximum absolute atomic E-state index is 13.7. The van der Waals surface area contributed by atoms with E-state index in [-0.39, 0.29) is 22.0 Å². The number of aromatic nitrogens is 2. The van der Waals surface area contributed by atoms with E-state index in [1.54, 1.807) is 6.07 Å². The highest BCUT2D eigenvalue weighted by Crippen LogP contribution is 2.27. The third-order valence-corrected chi connectivity index (χ3v) is 2.03. The average Bonchev–Trinajstić information content (AvgIpc) is 2.65. The summed E-state index contributed by atoms with van der Waals surface area (Å²) >= 11 is 4.70. The molecule has 15 heavy (non-hydrogen) atoms. The normalized spacial score (nSPS) is 10.3. The Bertz CT molecular complexity index is 535. The minimum absolute atomic E-state index is 0.104. The van der Waals surface area contributed by atoms with Crippen molar-refractivity contribution in [1.29, 1.82) is 0 Å². The zero-order valence-electron chi connectivity index (χ0n) is 7.78. The molecule has 4 nitrogen and oxygen atoms in total. The summed E-state index contributed by atoms with van der Waals surface area (Å²) in [4.78, 5) is 0.104. The summed E-state index contributed by atoms with van der Waals surface area (Å²) in [6.07, 6.45) is 0. The van der Waals surface area contributed by atoms with Gasteiger partial charge in [0.15, 0.2) is 11.6 Å². The Balaban J connectivity index is 2.58. The first-order chi connectivity index (χ1) is 7.22. The maximum Gasteiger partial charge on any atom is 0.284 e. The summed E-state index contributed by atoms with van der Waals surface area (Å²) in [5, 5.41) is 6.15. The van der Waals surface area contributed by atoms with E-state index in [0.29, 0.717) is 0 Å². The van der Waals surface area contributed by atoms with E-state index in [4.69, 9.17) is 21.4 Å². The lowest BCUT2D eigenvalue weighted by Crippen LogP contribution is -1.91. The van der Waals surface area contributed by atoms with Gasteiger partial charge in [0.2, 0.25) is 5.89 Å². The van der Waals surface area contributed by atoms with Crippen LogP contribution in [0, 0.1) is 10.7 Å². The molecular weight excluding hydrogens is 219 g/mol. The molecule has 1 N–H and O–H groups in total. The van der Waals surface area contributed by atoms with Gasteiger partial charge in [0, 0.05) is 0 Å².